The lowest BCUT2D eigenvalue weighted by Crippen LogP contribution is -2.08. The van der Waals surface area contributed by atoms with Crippen molar-refractivity contribution >= 4 is 11.8 Å². The predicted octanol–water partition coefficient (Wildman–Crippen LogP) is 1.86. The number of aryl methyl sites for hydroxylation is 1. The second-order valence-corrected chi connectivity index (χ2v) is 5.55. The standard InChI is InChI=1S/C11H19N7S/c1-5-6-17-9(4)12-14-11(17)19-7-10-13-15-16-18(10)8(2)3/h8H,5-7H2,1-4H3. The average Bonchev–Trinajstić information content (AvgIpc) is 2.96. The fraction of sp³-hybridized carbons (Fsp3) is 0.727. The van der Waals surface area contributed by atoms with Crippen molar-refractivity contribution in [3.05, 3.63) is 11.6 Å². The second kappa shape index (κ2) is 6.14. The molecule has 0 amide bonds. The number of rotatable bonds is 6. The van der Waals surface area contributed by atoms with Crippen LogP contribution in [0.1, 0.15) is 44.9 Å². The van der Waals surface area contributed by atoms with E-state index in [0.717, 1.165) is 29.8 Å². The summed E-state index contributed by atoms with van der Waals surface area (Å²) < 4.78 is 3.97. The molecule has 8 heteroatoms. The maximum Gasteiger partial charge on any atom is 0.191 e. The molecule has 104 valence electrons. The number of nitrogens with zero attached hydrogens (tertiary/aromatic N) is 7. The Kier molecular flexibility index (Phi) is 4.52. The average molecular weight is 281 g/mol. The van der Waals surface area contributed by atoms with Gasteiger partial charge in [0, 0.05) is 6.54 Å². The van der Waals surface area contributed by atoms with E-state index in [1.165, 1.54) is 0 Å². The van der Waals surface area contributed by atoms with Gasteiger partial charge < -0.3 is 4.57 Å². The van der Waals surface area contributed by atoms with E-state index in [1.807, 2.05) is 11.6 Å². The highest BCUT2D eigenvalue weighted by Crippen LogP contribution is 2.21. The third-order valence-electron chi connectivity index (χ3n) is 2.73. The lowest BCUT2D eigenvalue weighted by molar-refractivity contribution is 0.501. The molecule has 0 N–H and O–H groups in total. The summed E-state index contributed by atoms with van der Waals surface area (Å²) in [6, 6.07) is 0.265. The molecule has 0 saturated heterocycles. The zero-order chi connectivity index (χ0) is 13.8. The molecule has 2 aromatic rings. The molecule has 0 saturated carbocycles. The fourth-order valence-electron chi connectivity index (χ4n) is 1.79. The molecule has 7 nitrogen and oxygen atoms in total. The van der Waals surface area contributed by atoms with E-state index in [0.29, 0.717) is 5.75 Å². The van der Waals surface area contributed by atoms with Crippen LogP contribution in [0.2, 0.25) is 0 Å². The first-order valence-electron chi connectivity index (χ1n) is 6.42. The zero-order valence-electron chi connectivity index (χ0n) is 11.7. The normalized spacial score (nSPS) is 11.4. The van der Waals surface area contributed by atoms with Gasteiger partial charge in [-0.15, -0.1) is 15.3 Å². The fourth-order valence-corrected chi connectivity index (χ4v) is 2.71. The number of aromatic nitrogens is 7. The summed E-state index contributed by atoms with van der Waals surface area (Å²) in [6.07, 6.45) is 1.07. The number of hydrogen-bond donors (Lipinski definition) is 0. The summed E-state index contributed by atoms with van der Waals surface area (Å²) in [5.74, 6) is 2.52. The Labute approximate surface area is 116 Å². The van der Waals surface area contributed by atoms with Crippen molar-refractivity contribution in [2.45, 2.75) is 57.6 Å². The van der Waals surface area contributed by atoms with Gasteiger partial charge in [0.15, 0.2) is 11.0 Å². The van der Waals surface area contributed by atoms with Crippen molar-refractivity contribution in [2.24, 2.45) is 0 Å². The Hall–Kier alpha value is -1.44. The van der Waals surface area contributed by atoms with Gasteiger partial charge in [-0.2, -0.15) is 0 Å². The molecule has 19 heavy (non-hydrogen) atoms. The molecule has 0 radical (unpaired) electrons. The van der Waals surface area contributed by atoms with E-state index < -0.39 is 0 Å². The van der Waals surface area contributed by atoms with Crippen LogP contribution in [0.25, 0.3) is 0 Å². The van der Waals surface area contributed by atoms with Gasteiger partial charge in [-0.25, -0.2) is 4.68 Å². The third-order valence-corrected chi connectivity index (χ3v) is 3.69. The van der Waals surface area contributed by atoms with E-state index in [9.17, 15) is 0 Å². The van der Waals surface area contributed by atoms with Crippen LogP contribution in [0.15, 0.2) is 5.16 Å². The highest BCUT2D eigenvalue weighted by Gasteiger charge is 2.13. The van der Waals surface area contributed by atoms with Crippen LogP contribution in [-0.2, 0) is 12.3 Å². The minimum atomic E-state index is 0.265. The minimum Gasteiger partial charge on any atom is -0.306 e. The van der Waals surface area contributed by atoms with E-state index in [4.69, 9.17) is 0 Å². The zero-order valence-corrected chi connectivity index (χ0v) is 12.6. The largest absolute Gasteiger partial charge is 0.306 e. The van der Waals surface area contributed by atoms with Gasteiger partial charge >= 0.3 is 0 Å². The Morgan fingerprint density at radius 3 is 2.68 bits per heavy atom. The van der Waals surface area contributed by atoms with Gasteiger partial charge in [-0.05, 0) is 37.6 Å². The maximum atomic E-state index is 4.21. The summed E-state index contributed by atoms with van der Waals surface area (Å²) in [7, 11) is 0. The molecule has 0 fully saturated rings. The Morgan fingerprint density at radius 1 is 1.21 bits per heavy atom. The first-order chi connectivity index (χ1) is 9.13. The van der Waals surface area contributed by atoms with E-state index >= 15 is 0 Å². The van der Waals surface area contributed by atoms with Crippen molar-refractivity contribution in [3.63, 3.8) is 0 Å². The van der Waals surface area contributed by atoms with Gasteiger partial charge in [0.25, 0.3) is 0 Å². The topological polar surface area (TPSA) is 74.3 Å². The quantitative estimate of drug-likeness (QED) is 0.752. The molecule has 0 unspecified atom stereocenters. The van der Waals surface area contributed by atoms with Crippen LogP contribution in [0.4, 0.5) is 0 Å². The second-order valence-electron chi connectivity index (χ2n) is 4.60. The molecule has 0 aliphatic heterocycles. The lowest BCUT2D eigenvalue weighted by Gasteiger charge is -2.08. The van der Waals surface area contributed by atoms with Crippen molar-refractivity contribution in [1.82, 2.24) is 35.0 Å². The first kappa shape index (κ1) is 14.0. The highest BCUT2D eigenvalue weighted by atomic mass is 32.2. The molecule has 0 spiro atoms. The van der Waals surface area contributed by atoms with Gasteiger partial charge in [0.05, 0.1) is 11.8 Å². The molecule has 0 bridgehead atoms. The predicted molar refractivity (Wildman–Crippen MR) is 72.8 cm³/mol. The lowest BCUT2D eigenvalue weighted by atomic mass is 10.4. The Morgan fingerprint density at radius 2 is 2.00 bits per heavy atom. The summed E-state index contributed by atoms with van der Waals surface area (Å²) in [5.41, 5.74) is 0. The SMILES string of the molecule is CCCn1c(C)nnc1SCc1nnnn1C(C)C. The number of hydrogen-bond acceptors (Lipinski definition) is 6. The van der Waals surface area contributed by atoms with Crippen molar-refractivity contribution < 1.29 is 0 Å². The van der Waals surface area contributed by atoms with Crippen LogP contribution in [0.5, 0.6) is 0 Å². The number of thioether (sulfide) groups is 1. The molecular weight excluding hydrogens is 262 g/mol. The van der Waals surface area contributed by atoms with Gasteiger partial charge in [-0.1, -0.05) is 18.7 Å². The molecular formula is C11H19N7S. The Balaban J connectivity index is 2.08. The monoisotopic (exact) mass is 281 g/mol. The smallest absolute Gasteiger partial charge is 0.191 e. The van der Waals surface area contributed by atoms with Gasteiger partial charge in [0.1, 0.15) is 5.82 Å². The first-order valence-corrected chi connectivity index (χ1v) is 7.41. The Bertz CT molecular complexity index is 531. The van der Waals surface area contributed by atoms with Crippen molar-refractivity contribution in [2.75, 3.05) is 0 Å². The highest BCUT2D eigenvalue weighted by molar-refractivity contribution is 7.98. The van der Waals surface area contributed by atoms with Gasteiger partial charge in [-0.3, -0.25) is 0 Å². The molecule has 0 aromatic carbocycles. The molecule has 0 aliphatic rings. The van der Waals surface area contributed by atoms with Crippen LogP contribution >= 0.6 is 11.8 Å². The maximum absolute atomic E-state index is 4.21. The third kappa shape index (κ3) is 3.12. The molecule has 0 atom stereocenters. The van der Waals surface area contributed by atoms with Crippen LogP contribution < -0.4 is 0 Å². The van der Waals surface area contributed by atoms with Crippen LogP contribution in [0, 0.1) is 6.92 Å². The molecule has 0 aliphatic carbocycles. The number of tetrazole rings is 1. The summed E-state index contributed by atoms with van der Waals surface area (Å²) >= 11 is 1.62. The molecule has 2 heterocycles. The molecule has 2 aromatic heterocycles. The molecule has 2 rings (SSSR count). The van der Waals surface area contributed by atoms with E-state index in [1.54, 1.807) is 11.8 Å². The van der Waals surface area contributed by atoms with Crippen molar-refractivity contribution in [1.29, 1.82) is 0 Å². The van der Waals surface area contributed by atoms with E-state index in [2.05, 4.69) is 51.1 Å². The minimum absolute atomic E-state index is 0.265. The van der Waals surface area contributed by atoms with Crippen LogP contribution in [0.3, 0.4) is 0 Å². The van der Waals surface area contributed by atoms with E-state index in [-0.39, 0.29) is 6.04 Å². The van der Waals surface area contributed by atoms with Gasteiger partial charge in [0.2, 0.25) is 0 Å². The van der Waals surface area contributed by atoms with Crippen molar-refractivity contribution in [3.8, 4) is 0 Å². The summed E-state index contributed by atoms with van der Waals surface area (Å²) in [5, 5.41) is 21.0. The van der Waals surface area contributed by atoms with Crippen LogP contribution in [-0.4, -0.2) is 35.0 Å². The summed E-state index contributed by atoms with van der Waals surface area (Å²) in [4.78, 5) is 0. The summed E-state index contributed by atoms with van der Waals surface area (Å²) in [6.45, 7) is 9.19.